The highest BCUT2D eigenvalue weighted by Crippen LogP contribution is 2.11. The van der Waals surface area contributed by atoms with Crippen molar-refractivity contribution in [3.63, 3.8) is 0 Å². The highest BCUT2D eigenvalue weighted by Gasteiger charge is 2.04. The summed E-state index contributed by atoms with van der Waals surface area (Å²) in [7, 11) is 0. The molecule has 1 aliphatic heterocycles. The maximum Gasteiger partial charge on any atom is 0.0963 e. The van der Waals surface area contributed by atoms with Gasteiger partial charge in [0.1, 0.15) is 0 Å². The second kappa shape index (κ2) is 15.3. The lowest BCUT2D eigenvalue weighted by atomic mass is 10.1. The van der Waals surface area contributed by atoms with Crippen LogP contribution in [-0.4, -0.2) is 32.1 Å². The number of nitrogens with one attached hydrogen (secondary N) is 1. The summed E-state index contributed by atoms with van der Waals surface area (Å²) >= 11 is 0. The molecule has 0 saturated carbocycles. The molecule has 1 rings (SSSR count). The molecule has 0 aromatic heterocycles. The molecule has 22 heavy (non-hydrogen) atoms. The molecule has 1 saturated heterocycles. The number of nitrogens with zero attached hydrogens (tertiary/aromatic N) is 1. The molecule has 0 radical (unpaired) electrons. The lowest BCUT2D eigenvalue weighted by Crippen LogP contribution is -2.14. The van der Waals surface area contributed by atoms with Crippen LogP contribution in [0.1, 0.15) is 90.4 Å². The molecular formula is C19H38N2O. The minimum absolute atomic E-state index is 0.934. The van der Waals surface area contributed by atoms with Crippen molar-refractivity contribution in [3.05, 3.63) is 0 Å². The summed E-state index contributed by atoms with van der Waals surface area (Å²) in [6.07, 6.45) is 17.2. The van der Waals surface area contributed by atoms with Crippen molar-refractivity contribution >= 4 is 5.84 Å². The summed E-state index contributed by atoms with van der Waals surface area (Å²) in [5, 5.41) is 3.35. The van der Waals surface area contributed by atoms with Crippen molar-refractivity contribution in [2.75, 3.05) is 26.3 Å². The van der Waals surface area contributed by atoms with E-state index < -0.39 is 0 Å². The van der Waals surface area contributed by atoms with Crippen LogP contribution in [-0.2, 0) is 4.74 Å². The largest absolute Gasteiger partial charge is 0.381 e. The third-order valence-electron chi connectivity index (χ3n) is 4.27. The van der Waals surface area contributed by atoms with Crippen LogP contribution in [0, 0.1) is 0 Å². The summed E-state index contributed by atoms with van der Waals surface area (Å²) in [6, 6.07) is 0. The Labute approximate surface area is 138 Å². The van der Waals surface area contributed by atoms with Gasteiger partial charge in [-0.05, 0) is 25.7 Å². The Morgan fingerprint density at radius 1 is 0.864 bits per heavy atom. The molecule has 0 aromatic rings. The minimum Gasteiger partial charge on any atom is -0.381 e. The SMILES string of the molecule is CCCOCCCCCCCCCCCCN=C1CCCN1. The monoisotopic (exact) mass is 310 g/mol. The van der Waals surface area contributed by atoms with E-state index in [9.17, 15) is 0 Å². The van der Waals surface area contributed by atoms with Crippen molar-refractivity contribution in [1.82, 2.24) is 5.32 Å². The van der Waals surface area contributed by atoms with E-state index in [1.807, 2.05) is 0 Å². The molecule has 0 spiro atoms. The highest BCUT2D eigenvalue weighted by molar-refractivity contribution is 5.83. The Morgan fingerprint density at radius 2 is 1.50 bits per heavy atom. The van der Waals surface area contributed by atoms with E-state index >= 15 is 0 Å². The first-order valence-corrected chi connectivity index (χ1v) is 9.78. The zero-order chi connectivity index (χ0) is 15.7. The molecule has 0 amide bonds. The first-order chi connectivity index (χ1) is 10.9. The summed E-state index contributed by atoms with van der Waals surface area (Å²) in [6.45, 7) is 6.23. The van der Waals surface area contributed by atoms with Gasteiger partial charge in [0.25, 0.3) is 0 Å². The number of ether oxygens (including phenoxy) is 1. The molecule has 0 bridgehead atoms. The molecule has 130 valence electrons. The molecule has 3 heteroatoms. The Hall–Kier alpha value is -0.570. The zero-order valence-electron chi connectivity index (χ0n) is 14.9. The van der Waals surface area contributed by atoms with Crippen LogP contribution in [0.3, 0.4) is 0 Å². The Kier molecular flexibility index (Phi) is 13.6. The number of rotatable bonds is 15. The average Bonchev–Trinajstić information content (AvgIpc) is 3.04. The number of aliphatic imine (C=N–C) groups is 1. The van der Waals surface area contributed by atoms with Crippen molar-refractivity contribution in [1.29, 1.82) is 0 Å². The topological polar surface area (TPSA) is 33.6 Å². The van der Waals surface area contributed by atoms with E-state index in [1.165, 1.54) is 82.9 Å². The van der Waals surface area contributed by atoms with Gasteiger partial charge in [-0.15, -0.1) is 0 Å². The fraction of sp³-hybridized carbons (Fsp3) is 0.947. The molecule has 1 heterocycles. The molecular weight excluding hydrogens is 272 g/mol. The number of hydrogen-bond donors (Lipinski definition) is 1. The molecule has 0 aliphatic carbocycles. The molecule has 0 atom stereocenters. The minimum atomic E-state index is 0.934. The van der Waals surface area contributed by atoms with E-state index in [1.54, 1.807) is 0 Å². The Balaban J connectivity index is 1.68. The van der Waals surface area contributed by atoms with Crippen molar-refractivity contribution in [2.45, 2.75) is 90.4 Å². The van der Waals surface area contributed by atoms with Crippen molar-refractivity contribution in [3.8, 4) is 0 Å². The van der Waals surface area contributed by atoms with E-state index in [0.29, 0.717) is 0 Å². The van der Waals surface area contributed by atoms with E-state index in [-0.39, 0.29) is 0 Å². The summed E-state index contributed by atoms with van der Waals surface area (Å²) < 4.78 is 5.49. The van der Waals surface area contributed by atoms with Gasteiger partial charge in [0.05, 0.1) is 5.84 Å². The van der Waals surface area contributed by atoms with Gasteiger partial charge < -0.3 is 10.1 Å². The summed E-state index contributed by atoms with van der Waals surface area (Å²) in [5.41, 5.74) is 0. The van der Waals surface area contributed by atoms with Crippen LogP contribution < -0.4 is 5.32 Å². The maximum absolute atomic E-state index is 5.49. The zero-order valence-corrected chi connectivity index (χ0v) is 14.9. The quantitative estimate of drug-likeness (QED) is 0.427. The normalized spacial score (nSPS) is 16.3. The smallest absolute Gasteiger partial charge is 0.0963 e. The van der Waals surface area contributed by atoms with Crippen LogP contribution in [0.5, 0.6) is 0 Å². The summed E-state index contributed by atoms with van der Waals surface area (Å²) in [4.78, 5) is 4.61. The lowest BCUT2D eigenvalue weighted by Gasteiger charge is -2.03. The molecule has 1 aliphatic rings. The van der Waals surface area contributed by atoms with Gasteiger partial charge in [-0.1, -0.05) is 58.3 Å². The predicted octanol–water partition coefficient (Wildman–Crippen LogP) is 5.10. The van der Waals surface area contributed by atoms with Gasteiger partial charge in [-0.25, -0.2) is 0 Å². The van der Waals surface area contributed by atoms with Gasteiger partial charge in [0.15, 0.2) is 0 Å². The van der Waals surface area contributed by atoms with E-state index in [0.717, 1.165) is 32.7 Å². The molecule has 3 nitrogen and oxygen atoms in total. The third kappa shape index (κ3) is 12.0. The van der Waals surface area contributed by atoms with Gasteiger partial charge >= 0.3 is 0 Å². The first-order valence-electron chi connectivity index (χ1n) is 9.78. The van der Waals surface area contributed by atoms with Crippen LogP contribution in [0.25, 0.3) is 0 Å². The fourth-order valence-electron chi connectivity index (χ4n) is 2.90. The first kappa shape index (κ1) is 19.5. The maximum atomic E-state index is 5.49. The Bertz CT molecular complexity index is 258. The van der Waals surface area contributed by atoms with Crippen LogP contribution in [0.2, 0.25) is 0 Å². The van der Waals surface area contributed by atoms with Crippen LogP contribution >= 0.6 is 0 Å². The number of unbranched alkanes of at least 4 members (excludes halogenated alkanes) is 9. The summed E-state index contributed by atoms with van der Waals surface area (Å²) in [5.74, 6) is 1.25. The van der Waals surface area contributed by atoms with Crippen molar-refractivity contribution in [2.24, 2.45) is 4.99 Å². The standard InChI is InChI=1S/C19H38N2O/c1-2-17-22-18-12-10-8-6-4-3-5-7-9-11-15-20-19-14-13-16-21-19/h2-18H2,1H3,(H,20,21). The van der Waals surface area contributed by atoms with Gasteiger partial charge in [-0.2, -0.15) is 0 Å². The van der Waals surface area contributed by atoms with E-state index in [2.05, 4.69) is 17.2 Å². The van der Waals surface area contributed by atoms with Gasteiger partial charge in [0.2, 0.25) is 0 Å². The number of amidine groups is 1. The van der Waals surface area contributed by atoms with Gasteiger partial charge in [0, 0.05) is 32.7 Å². The third-order valence-corrected chi connectivity index (χ3v) is 4.27. The molecule has 0 aromatic carbocycles. The Morgan fingerprint density at radius 3 is 2.09 bits per heavy atom. The van der Waals surface area contributed by atoms with Gasteiger partial charge in [-0.3, -0.25) is 4.99 Å². The number of hydrogen-bond acceptors (Lipinski definition) is 2. The second-order valence-electron chi connectivity index (χ2n) is 6.51. The second-order valence-corrected chi connectivity index (χ2v) is 6.51. The lowest BCUT2D eigenvalue weighted by molar-refractivity contribution is 0.130. The molecule has 1 N–H and O–H groups in total. The molecule has 1 fully saturated rings. The van der Waals surface area contributed by atoms with E-state index in [4.69, 9.17) is 4.74 Å². The van der Waals surface area contributed by atoms with Crippen LogP contribution in [0.15, 0.2) is 4.99 Å². The van der Waals surface area contributed by atoms with Crippen LogP contribution in [0.4, 0.5) is 0 Å². The average molecular weight is 311 g/mol. The van der Waals surface area contributed by atoms with Crippen molar-refractivity contribution < 1.29 is 4.74 Å². The fourth-order valence-corrected chi connectivity index (χ4v) is 2.90. The highest BCUT2D eigenvalue weighted by atomic mass is 16.5. The molecule has 0 unspecified atom stereocenters. The predicted molar refractivity (Wildman–Crippen MR) is 96.8 cm³/mol.